The van der Waals surface area contributed by atoms with Crippen LogP contribution in [0.25, 0.3) is 0 Å². The molecule has 0 fully saturated rings. The third kappa shape index (κ3) is 15.0. The Labute approximate surface area is 128 Å². The Balaban J connectivity index is 0. The molecule has 1 unspecified atom stereocenters. The highest BCUT2D eigenvalue weighted by Gasteiger charge is 2.11. The summed E-state index contributed by atoms with van der Waals surface area (Å²) in [6, 6.07) is 0. The smallest absolute Gasteiger partial charge is 0.0171 e. The van der Waals surface area contributed by atoms with Gasteiger partial charge in [-0.05, 0) is 51.9 Å². The monoisotopic (exact) mass is 276 g/mol. The maximum atomic E-state index is 3.97. The maximum Gasteiger partial charge on any atom is -0.0171 e. The van der Waals surface area contributed by atoms with Gasteiger partial charge in [0.1, 0.15) is 0 Å². The van der Waals surface area contributed by atoms with E-state index in [4.69, 9.17) is 0 Å². The first-order valence-corrected chi connectivity index (χ1v) is 8.06. The number of rotatable bonds is 5. The van der Waals surface area contributed by atoms with Crippen LogP contribution in [0.3, 0.4) is 0 Å². The van der Waals surface area contributed by atoms with E-state index in [-0.39, 0.29) is 0 Å². The van der Waals surface area contributed by atoms with Gasteiger partial charge in [-0.2, -0.15) is 0 Å². The molecule has 0 heteroatoms. The average molecular weight is 277 g/mol. The molecule has 0 radical (unpaired) electrons. The summed E-state index contributed by atoms with van der Waals surface area (Å²) in [5.41, 5.74) is 2.90. The van der Waals surface area contributed by atoms with Crippen molar-refractivity contribution in [2.24, 2.45) is 5.92 Å². The zero-order valence-electron chi connectivity index (χ0n) is 14.4. The Kier molecular flexibility index (Phi) is 17.0. The molecular formula is C20H36. The van der Waals surface area contributed by atoms with Gasteiger partial charge in [0.15, 0.2) is 0 Å². The summed E-state index contributed by atoms with van der Waals surface area (Å²) in [4.78, 5) is 0. The molecule has 0 spiro atoms. The fourth-order valence-corrected chi connectivity index (χ4v) is 1.82. The van der Waals surface area contributed by atoms with Crippen LogP contribution in [0.1, 0.15) is 72.6 Å². The lowest BCUT2D eigenvalue weighted by atomic mass is 9.86. The summed E-state index contributed by atoms with van der Waals surface area (Å²) < 4.78 is 0. The van der Waals surface area contributed by atoms with E-state index in [1.54, 1.807) is 5.57 Å². The SMILES string of the molecule is C=C(C)C1CC=C(C)CC1.C=CCCC.C=CCCC. The van der Waals surface area contributed by atoms with E-state index in [1.165, 1.54) is 37.7 Å². The molecule has 1 rings (SSSR count). The second kappa shape index (κ2) is 16.0. The molecule has 1 aliphatic rings. The maximum absolute atomic E-state index is 3.97. The Morgan fingerprint density at radius 1 is 1.20 bits per heavy atom. The Bertz CT molecular complexity index is 270. The van der Waals surface area contributed by atoms with Crippen molar-refractivity contribution in [1.82, 2.24) is 0 Å². The second-order valence-electron chi connectivity index (χ2n) is 5.52. The molecule has 0 nitrogen and oxygen atoms in total. The van der Waals surface area contributed by atoms with Gasteiger partial charge < -0.3 is 0 Å². The van der Waals surface area contributed by atoms with E-state index in [1.807, 2.05) is 12.2 Å². The summed E-state index contributed by atoms with van der Waals surface area (Å²) in [6.45, 7) is 19.7. The second-order valence-corrected chi connectivity index (χ2v) is 5.52. The first-order chi connectivity index (χ1) is 9.53. The molecule has 20 heavy (non-hydrogen) atoms. The number of hydrogen-bond donors (Lipinski definition) is 0. The molecular weight excluding hydrogens is 240 g/mol. The molecule has 0 aromatic rings. The number of unbranched alkanes of at least 4 members (excludes halogenated alkanes) is 2. The Morgan fingerprint density at radius 2 is 1.70 bits per heavy atom. The molecule has 0 N–H and O–H groups in total. The van der Waals surface area contributed by atoms with Crippen molar-refractivity contribution in [2.45, 2.75) is 72.6 Å². The van der Waals surface area contributed by atoms with Gasteiger partial charge in [0.2, 0.25) is 0 Å². The Morgan fingerprint density at radius 3 is 1.90 bits per heavy atom. The standard InChI is InChI=1S/C10H16.2C5H10/c1-8(2)10-6-4-9(3)5-7-10;2*1-3-5-4-2/h4,10H,1,5-7H2,2-3H3;2*3H,1,4-5H2,2H3. The zero-order chi connectivity index (χ0) is 15.8. The molecule has 0 amide bonds. The topological polar surface area (TPSA) is 0 Å². The fourth-order valence-electron chi connectivity index (χ4n) is 1.82. The molecule has 0 aromatic heterocycles. The third-order valence-corrected chi connectivity index (χ3v) is 3.32. The van der Waals surface area contributed by atoms with Gasteiger partial charge in [-0.3, -0.25) is 0 Å². The minimum absolute atomic E-state index is 0.767. The van der Waals surface area contributed by atoms with E-state index in [2.05, 4.69) is 53.5 Å². The number of allylic oxidation sites excluding steroid dienone is 5. The van der Waals surface area contributed by atoms with Gasteiger partial charge in [-0.15, -0.1) is 13.2 Å². The molecule has 0 saturated carbocycles. The van der Waals surface area contributed by atoms with Crippen molar-refractivity contribution in [3.63, 3.8) is 0 Å². The summed E-state index contributed by atoms with van der Waals surface area (Å²) in [7, 11) is 0. The zero-order valence-corrected chi connectivity index (χ0v) is 14.4. The van der Waals surface area contributed by atoms with E-state index in [9.17, 15) is 0 Å². The molecule has 0 heterocycles. The van der Waals surface area contributed by atoms with Crippen LogP contribution in [0.15, 0.2) is 49.1 Å². The van der Waals surface area contributed by atoms with Crippen LogP contribution in [0, 0.1) is 5.92 Å². The summed E-state index contributed by atoms with van der Waals surface area (Å²) in [5.74, 6) is 0.767. The summed E-state index contributed by atoms with van der Waals surface area (Å²) in [5, 5.41) is 0. The van der Waals surface area contributed by atoms with Crippen LogP contribution in [0.2, 0.25) is 0 Å². The molecule has 0 saturated heterocycles. The minimum atomic E-state index is 0.767. The predicted octanol–water partition coefficient (Wildman–Crippen LogP) is 7.25. The van der Waals surface area contributed by atoms with E-state index < -0.39 is 0 Å². The predicted molar refractivity (Wildman–Crippen MR) is 96.1 cm³/mol. The first-order valence-electron chi connectivity index (χ1n) is 8.06. The van der Waals surface area contributed by atoms with Gasteiger partial charge in [-0.25, -0.2) is 0 Å². The molecule has 0 aliphatic heterocycles. The van der Waals surface area contributed by atoms with Crippen molar-refractivity contribution in [3.05, 3.63) is 49.1 Å². The highest BCUT2D eigenvalue weighted by atomic mass is 14.2. The van der Waals surface area contributed by atoms with Crippen LogP contribution in [0.4, 0.5) is 0 Å². The van der Waals surface area contributed by atoms with Crippen molar-refractivity contribution in [3.8, 4) is 0 Å². The Hall–Kier alpha value is -1.04. The van der Waals surface area contributed by atoms with Crippen molar-refractivity contribution < 1.29 is 0 Å². The summed E-state index contributed by atoms with van der Waals surface area (Å²) >= 11 is 0. The third-order valence-electron chi connectivity index (χ3n) is 3.32. The lowest BCUT2D eigenvalue weighted by molar-refractivity contribution is 0.540. The molecule has 1 atom stereocenters. The van der Waals surface area contributed by atoms with Gasteiger partial charge in [0.05, 0.1) is 0 Å². The molecule has 116 valence electrons. The van der Waals surface area contributed by atoms with Gasteiger partial charge >= 0.3 is 0 Å². The van der Waals surface area contributed by atoms with Crippen LogP contribution < -0.4 is 0 Å². The highest BCUT2D eigenvalue weighted by Crippen LogP contribution is 2.27. The summed E-state index contributed by atoms with van der Waals surface area (Å²) in [6.07, 6.45) is 14.8. The first kappa shape index (κ1) is 21.3. The fraction of sp³-hybridized carbons (Fsp3) is 0.600. The highest BCUT2D eigenvalue weighted by molar-refractivity contribution is 5.09. The van der Waals surface area contributed by atoms with E-state index in [0.29, 0.717) is 0 Å². The van der Waals surface area contributed by atoms with Crippen molar-refractivity contribution in [1.29, 1.82) is 0 Å². The van der Waals surface area contributed by atoms with Crippen LogP contribution in [-0.2, 0) is 0 Å². The van der Waals surface area contributed by atoms with Gasteiger partial charge in [-0.1, -0.05) is 62.6 Å². The average Bonchev–Trinajstić information content (AvgIpc) is 2.42. The van der Waals surface area contributed by atoms with E-state index >= 15 is 0 Å². The molecule has 1 aliphatic carbocycles. The van der Waals surface area contributed by atoms with Crippen molar-refractivity contribution >= 4 is 0 Å². The quantitative estimate of drug-likeness (QED) is 0.464. The van der Waals surface area contributed by atoms with E-state index in [0.717, 1.165) is 18.8 Å². The normalized spacial score (nSPS) is 16.6. The largest absolute Gasteiger partial charge is 0.103 e. The molecule has 0 bridgehead atoms. The van der Waals surface area contributed by atoms with Crippen LogP contribution in [0.5, 0.6) is 0 Å². The van der Waals surface area contributed by atoms with Crippen LogP contribution >= 0.6 is 0 Å². The van der Waals surface area contributed by atoms with Crippen LogP contribution in [-0.4, -0.2) is 0 Å². The number of hydrogen-bond acceptors (Lipinski definition) is 0. The lowest BCUT2D eigenvalue weighted by Crippen LogP contribution is -2.04. The molecule has 0 aromatic carbocycles. The van der Waals surface area contributed by atoms with Gasteiger partial charge in [0.25, 0.3) is 0 Å². The van der Waals surface area contributed by atoms with Gasteiger partial charge in [0, 0.05) is 0 Å². The minimum Gasteiger partial charge on any atom is -0.103 e. The lowest BCUT2D eigenvalue weighted by Gasteiger charge is -2.19. The van der Waals surface area contributed by atoms with Crippen molar-refractivity contribution in [2.75, 3.05) is 0 Å².